The second kappa shape index (κ2) is 7.51. The summed E-state index contributed by atoms with van der Waals surface area (Å²) in [6.07, 6.45) is -0.249. The zero-order chi connectivity index (χ0) is 16.9. The van der Waals surface area contributed by atoms with Crippen LogP contribution in [-0.4, -0.2) is 12.8 Å². The van der Waals surface area contributed by atoms with E-state index in [4.69, 9.17) is 9.47 Å². The maximum Gasteiger partial charge on any atom is 0.175 e. The Morgan fingerprint density at radius 3 is 1.88 bits per heavy atom. The number of benzene rings is 3. The SMILES string of the molecule is c1ccc(-c2ccc(NCC3OCc4ccccc4CO3)cc2)cc1. The van der Waals surface area contributed by atoms with E-state index in [2.05, 4.69) is 66.0 Å². The van der Waals surface area contributed by atoms with Crippen molar-refractivity contribution in [3.8, 4) is 11.1 Å². The Kier molecular flexibility index (Phi) is 4.77. The van der Waals surface area contributed by atoms with E-state index < -0.39 is 0 Å². The minimum atomic E-state index is -0.249. The first-order valence-corrected chi connectivity index (χ1v) is 8.58. The molecular formula is C22H21NO2. The zero-order valence-corrected chi connectivity index (χ0v) is 14.0. The summed E-state index contributed by atoms with van der Waals surface area (Å²) in [5.41, 5.74) is 5.91. The zero-order valence-electron chi connectivity index (χ0n) is 14.0. The van der Waals surface area contributed by atoms with Crippen molar-refractivity contribution in [2.75, 3.05) is 11.9 Å². The van der Waals surface area contributed by atoms with E-state index in [0.717, 1.165) is 5.69 Å². The summed E-state index contributed by atoms with van der Waals surface area (Å²) in [6, 6.07) is 27.1. The first-order chi connectivity index (χ1) is 12.4. The van der Waals surface area contributed by atoms with Crippen molar-refractivity contribution in [2.45, 2.75) is 19.5 Å². The van der Waals surface area contributed by atoms with Gasteiger partial charge in [-0.3, -0.25) is 0 Å². The second-order valence-electron chi connectivity index (χ2n) is 6.14. The summed E-state index contributed by atoms with van der Waals surface area (Å²) in [6.45, 7) is 1.81. The highest BCUT2D eigenvalue weighted by Crippen LogP contribution is 2.22. The fourth-order valence-corrected chi connectivity index (χ4v) is 2.98. The van der Waals surface area contributed by atoms with Crippen LogP contribution >= 0.6 is 0 Å². The Balaban J connectivity index is 1.34. The van der Waals surface area contributed by atoms with Crippen molar-refractivity contribution >= 4 is 5.69 Å². The highest BCUT2D eigenvalue weighted by molar-refractivity contribution is 5.65. The van der Waals surface area contributed by atoms with Gasteiger partial charge in [0.05, 0.1) is 19.8 Å². The first-order valence-electron chi connectivity index (χ1n) is 8.58. The fourth-order valence-electron chi connectivity index (χ4n) is 2.98. The van der Waals surface area contributed by atoms with Crippen molar-refractivity contribution < 1.29 is 9.47 Å². The average molecular weight is 331 g/mol. The molecule has 0 bridgehead atoms. The molecule has 126 valence electrons. The summed E-state index contributed by atoms with van der Waals surface area (Å²) < 4.78 is 11.7. The Hall–Kier alpha value is -2.62. The molecule has 0 aromatic heterocycles. The van der Waals surface area contributed by atoms with Gasteiger partial charge in [-0.2, -0.15) is 0 Å². The summed E-state index contributed by atoms with van der Waals surface area (Å²) in [5, 5.41) is 3.40. The lowest BCUT2D eigenvalue weighted by Crippen LogP contribution is -2.24. The topological polar surface area (TPSA) is 30.5 Å². The number of ether oxygens (including phenoxy) is 2. The lowest BCUT2D eigenvalue weighted by molar-refractivity contribution is -0.139. The average Bonchev–Trinajstić information content (AvgIpc) is 2.90. The predicted molar refractivity (Wildman–Crippen MR) is 100 cm³/mol. The highest BCUT2D eigenvalue weighted by Gasteiger charge is 2.16. The predicted octanol–water partition coefficient (Wildman–Crippen LogP) is 4.84. The number of fused-ring (bicyclic) bond motifs is 1. The number of rotatable bonds is 4. The van der Waals surface area contributed by atoms with Crippen LogP contribution in [-0.2, 0) is 22.7 Å². The van der Waals surface area contributed by atoms with Crippen LogP contribution in [0.4, 0.5) is 5.69 Å². The molecule has 1 N–H and O–H groups in total. The van der Waals surface area contributed by atoms with E-state index >= 15 is 0 Å². The summed E-state index contributed by atoms with van der Waals surface area (Å²) in [7, 11) is 0. The molecule has 0 radical (unpaired) electrons. The molecule has 0 fully saturated rings. The van der Waals surface area contributed by atoms with E-state index in [9.17, 15) is 0 Å². The van der Waals surface area contributed by atoms with Crippen LogP contribution in [0.25, 0.3) is 11.1 Å². The van der Waals surface area contributed by atoms with E-state index in [1.165, 1.54) is 22.3 Å². The van der Waals surface area contributed by atoms with Crippen LogP contribution in [0.5, 0.6) is 0 Å². The quantitative estimate of drug-likeness (QED) is 0.742. The molecule has 0 aliphatic carbocycles. The lowest BCUT2D eigenvalue weighted by Gasteiger charge is -2.17. The molecule has 0 saturated carbocycles. The minimum absolute atomic E-state index is 0.249. The molecule has 3 nitrogen and oxygen atoms in total. The molecule has 4 rings (SSSR count). The van der Waals surface area contributed by atoms with Crippen LogP contribution in [0.1, 0.15) is 11.1 Å². The summed E-state index contributed by atoms with van der Waals surface area (Å²) in [5.74, 6) is 0. The van der Waals surface area contributed by atoms with Crippen LogP contribution in [0, 0.1) is 0 Å². The summed E-state index contributed by atoms with van der Waals surface area (Å²) in [4.78, 5) is 0. The fraction of sp³-hybridized carbons (Fsp3) is 0.182. The van der Waals surface area contributed by atoms with Gasteiger partial charge in [0.2, 0.25) is 0 Å². The Morgan fingerprint density at radius 1 is 0.680 bits per heavy atom. The van der Waals surface area contributed by atoms with E-state index in [0.29, 0.717) is 19.8 Å². The second-order valence-corrected chi connectivity index (χ2v) is 6.14. The van der Waals surface area contributed by atoms with E-state index in [-0.39, 0.29) is 6.29 Å². The molecule has 0 spiro atoms. The Morgan fingerprint density at radius 2 is 1.24 bits per heavy atom. The lowest BCUT2D eigenvalue weighted by atomic mass is 10.1. The molecule has 1 aliphatic heterocycles. The first kappa shape index (κ1) is 15.9. The van der Waals surface area contributed by atoms with Gasteiger partial charge in [0.25, 0.3) is 0 Å². The summed E-state index contributed by atoms with van der Waals surface area (Å²) >= 11 is 0. The smallest absolute Gasteiger partial charge is 0.175 e. The van der Waals surface area contributed by atoms with Gasteiger partial charge >= 0.3 is 0 Å². The number of anilines is 1. The van der Waals surface area contributed by atoms with Gasteiger partial charge in [-0.15, -0.1) is 0 Å². The van der Waals surface area contributed by atoms with Crippen LogP contribution in [0.3, 0.4) is 0 Å². The number of hydrogen-bond acceptors (Lipinski definition) is 3. The molecule has 3 heteroatoms. The number of nitrogens with one attached hydrogen (secondary N) is 1. The van der Waals surface area contributed by atoms with Crippen LogP contribution in [0.15, 0.2) is 78.9 Å². The third-order valence-corrected chi connectivity index (χ3v) is 4.43. The Bertz CT molecular complexity index is 788. The Labute approximate surface area is 148 Å². The van der Waals surface area contributed by atoms with Gasteiger partial charge in [0.1, 0.15) is 0 Å². The molecule has 0 amide bonds. The largest absolute Gasteiger partial charge is 0.380 e. The standard InChI is InChI=1S/C22H21NO2/c1-2-6-17(7-3-1)18-10-12-21(13-11-18)23-14-22-24-15-19-8-4-5-9-20(19)16-25-22/h1-13,22-23H,14-16H2. The third-order valence-electron chi connectivity index (χ3n) is 4.43. The van der Waals surface area contributed by atoms with E-state index in [1.807, 2.05) is 18.2 Å². The van der Waals surface area contributed by atoms with Gasteiger partial charge in [-0.05, 0) is 34.4 Å². The minimum Gasteiger partial charge on any atom is -0.380 e. The molecule has 0 unspecified atom stereocenters. The van der Waals surface area contributed by atoms with Gasteiger partial charge < -0.3 is 14.8 Å². The van der Waals surface area contributed by atoms with Crippen molar-refractivity contribution in [1.82, 2.24) is 0 Å². The normalized spacial score (nSPS) is 14.6. The van der Waals surface area contributed by atoms with Gasteiger partial charge in [-0.25, -0.2) is 0 Å². The molecule has 3 aromatic rings. The maximum absolute atomic E-state index is 5.86. The van der Waals surface area contributed by atoms with Crippen molar-refractivity contribution in [1.29, 1.82) is 0 Å². The number of hydrogen-bond donors (Lipinski definition) is 1. The molecule has 0 atom stereocenters. The monoisotopic (exact) mass is 331 g/mol. The molecule has 1 heterocycles. The van der Waals surface area contributed by atoms with Gasteiger partial charge in [0.15, 0.2) is 6.29 Å². The van der Waals surface area contributed by atoms with Gasteiger partial charge in [-0.1, -0.05) is 66.7 Å². The molecule has 3 aromatic carbocycles. The molecule has 0 saturated heterocycles. The third kappa shape index (κ3) is 3.90. The van der Waals surface area contributed by atoms with E-state index in [1.54, 1.807) is 0 Å². The van der Waals surface area contributed by atoms with Crippen LogP contribution < -0.4 is 5.32 Å². The molecule has 25 heavy (non-hydrogen) atoms. The van der Waals surface area contributed by atoms with Crippen LogP contribution in [0.2, 0.25) is 0 Å². The van der Waals surface area contributed by atoms with Gasteiger partial charge in [0, 0.05) is 5.69 Å². The van der Waals surface area contributed by atoms with Crippen molar-refractivity contribution in [2.24, 2.45) is 0 Å². The van der Waals surface area contributed by atoms with Crippen molar-refractivity contribution in [3.63, 3.8) is 0 Å². The maximum atomic E-state index is 5.86. The molecule has 1 aliphatic rings. The highest BCUT2D eigenvalue weighted by atomic mass is 16.7. The molecular weight excluding hydrogens is 310 g/mol. The van der Waals surface area contributed by atoms with Crippen molar-refractivity contribution in [3.05, 3.63) is 90.0 Å².